The van der Waals surface area contributed by atoms with Gasteiger partial charge in [0.25, 0.3) is 5.56 Å². The topological polar surface area (TPSA) is 107 Å². The molecule has 1 atom stereocenters. The molecule has 0 spiro atoms. The fourth-order valence-electron chi connectivity index (χ4n) is 5.46. The molecule has 9 nitrogen and oxygen atoms in total. The number of aliphatic hydroxyl groups excluding tert-OH is 1. The smallest absolute Gasteiger partial charge is 0.277 e. The predicted octanol–water partition coefficient (Wildman–Crippen LogP) is 6.21. The highest BCUT2D eigenvalue weighted by Gasteiger charge is 2.21. The normalized spacial score (nSPS) is 12.0. The average molecular weight is 703 g/mol. The second-order valence-electron chi connectivity index (χ2n) is 11.8. The van der Waals surface area contributed by atoms with Gasteiger partial charge in [0.1, 0.15) is 12.4 Å². The number of amides is 1. The molecule has 0 aliphatic heterocycles. The largest absolute Gasteiger partial charge is 0.395 e. The van der Waals surface area contributed by atoms with Crippen LogP contribution < -0.4 is 5.56 Å². The van der Waals surface area contributed by atoms with Crippen molar-refractivity contribution >= 4 is 29.3 Å². The van der Waals surface area contributed by atoms with E-state index in [9.17, 15) is 19.1 Å². The third-order valence-electron chi connectivity index (χ3n) is 8.46. The van der Waals surface area contributed by atoms with E-state index in [1.165, 1.54) is 23.9 Å². The number of carbonyl (C=O) groups is 1. The Hall–Kier alpha value is -4.29. The van der Waals surface area contributed by atoms with E-state index in [1.807, 2.05) is 67.3 Å². The summed E-state index contributed by atoms with van der Waals surface area (Å²) >= 11 is 7.39. The first-order valence-corrected chi connectivity index (χ1v) is 17.5. The second-order valence-corrected chi connectivity index (χ2v) is 13.1. The van der Waals surface area contributed by atoms with E-state index in [0.717, 1.165) is 34.4 Å². The van der Waals surface area contributed by atoms with Gasteiger partial charge in [0.05, 0.1) is 12.8 Å². The van der Waals surface area contributed by atoms with Crippen LogP contribution in [0.25, 0.3) is 11.1 Å². The summed E-state index contributed by atoms with van der Waals surface area (Å²) in [5, 5.41) is 17.5. The Bertz CT molecular complexity index is 1850. The van der Waals surface area contributed by atoms with E-state index in [-0.39, 0.29) is 36.4 Å². The molecule has 2 aromatic heterocycles. The number of rotatable bonds is 16. The number of H-pyrrole nitrogens is 1. The molecule has 49 heavy (non-hydrogen) atoms. The van der Waals surface area contributed by atoms with Crippen molar-refractivity contribution < 1.29 is 14.3 Å². The maximum absolute atomic E-state index is 14.2. The lowest BCUT2D eigenvalue weighted by atomic mass is 9.98. The number of nitrogens with one attached hydrogen (secondary N) is 1. The summed E-state index contributed by atoms with van der Waals surface area (Å²) in [5.74, 6) is -0.332. The first kappa shape index (κ1) is 36.0. The second kappa shape index (κ2) is 17.4. The number of benzene rings is 3. The van der Waals surface area contributed by atoms with Crippen LogP contribution in [0.15, 0.2) is 101 Å². The zero-order chi connectivity index (χ0) is 34.8. The number of likely N-dealkylation sites (N-methyl/N-ethyl adjacent to an activating group) is 1. The zero-order valence-corrected chi connectivity index (χ0v) is 29.1. The lowest BCUT2D eigenvalue weighted by Gasteiger charge is -2.28. The third-order valence-corrected chi connectivity index (χ3v) is 9.78. The zero-order valence-electron chi connectivity index (χ0n) is 27.6. The Morgan fingerprint density at radius 3 is 2.31 bits per heavy atom. The number of hydrogen-bond acceptors (Lipinski definition) is 7. The molecule has 5 rings (SSSR count). The van der Waals surface area contributed by atoms with Crippen LogP contribution in [0, 0.1) is 5.82 Å². The van der Waals surface area contributed by atoms with E-state index in [4.69, 9.17) is 11.6 Å². The molecule has 0 saturated heterocycles. The molecule has 12 heteroatoms. The van der Waals surface area contributed by atoms with Crippen molar-refractivity contribution in [2.75, 3.05) is 32.8 Å². The van der Waals surface area contributed by atoms with Gasteiger partial charge in [0.2, 0.25) is 5.91 Å². The Kier molecular flexibility index (Phi) is 12.8. The fourth-order valence-corrected chi connectivity index (χ4v) is 6.50. The average Bonchev–Trinajstić information content (AvgIpc) is 3.66. The van der Waals surface area contributed by atoms with Crippen molar-refractivity contribution in [2.45, 2.75) is 43.8 Å². The minimum atomic E-state index is -0.376. The van der Waals surface area contributed by atoms with Crippen molar-refractivity contribution in [2.24, 2.45) is 0 Å². The van der Waals surface area contributed by atoms with Gasteiger partial charge in [-0.3, -0.25) is 19.6 Å². The van der Waals surface area contributed by atoms with E-state index in [2.05, 4.69) is 20.1 Å². The summed E-state index contributed by atoms with van der Waals surface area (Å²) in [6.45, 7) is 6.57. The summed E-state index contributed by atoms with van der Waals surface area (Å²) in [5.41, 5.74) is 4.82. The molecule has 256 valence electrons. The van der Waals surface area contributed by atoms with E-state index in [1.54, 1.807) is 35.3 Å². The van der Waals surface area contributed by atoms with E-state index >= 15 is 0 Å². The molecule has 0 aliphatic rings. The van der Waals surface area contributed by atoms with Gasteiger partial charge in [-0.25, -0.2) is 4.39 Å². The van der Waals surface area contributed by atoms with Gasteiger partial charge in [-0.2, -0.15) is 10.1 Å². The Labute approximate surface area is 294 Å². The standard InChI is InChI=1S/C37H40ClFN6O3S/c1-3-43(18-19-46)16-17-44(22-27-4-8-29(9-5-27)30-10-12-32(38)13-11-30)35(47)24-45-23-34(26(2)31-20-40-41-21-31)36(48)42-37(45)49-25-28-6-14-33(39)15-7-28/h4-15,20-21,23,26,46H,3,16-19,22,24-25H2,1-2H3,(H,40,41). The first-order chi connectivity index (χ1) is 23.7. The van der Waals surface area contributed by atoms with Crippen LogP contribution in [0.1, 0.15) is 42.0 Å². The van der Waals surface area contributed by atoms with Gasteiger partial charge in [0, 0.05) is 60.8 Å². The van der Waals surface area contributed by atoms with Crippen LogP contribution >= 0.6 is 23.4 Å². The lowest BCUT2D eigenvalue weighted by Crippen LogP contribution is -2.41. The molecule has 1 amide bonds. The number of aliphatic hydroxyl groups is 1. The number of aromatic amines is 1. The first-order valence-electron chi connectivity index (χ1n) is 16.2. The monoisotopic (exact) mass is 702 g/mol. The van der Waals surface area contributed by atoms with Crippen molar-refractivity contribution in [1.29, 1.82) is 0 Å². The summed E-state index contributed by atoms with van der Waals surface area (Å²) in [6.07, 6.45) is 5.13. The van der Waals surface area contributed by atoms with E-state index < -0.39 is 0 Å². The number of carbonyl (C=O) groups excluding carboxylic acids is 1. The highest BCUT2D eigenvalue weighted by molar-refractivity contribution is 7.98. The Morgan fingerprint density at radius 2 is 1.67 bits per heavy atom. The summed E-state index contributed by atoms with van der Waals surface area (Å²) < 4.78 is 15.3. The predicted molar refractivity (Wildman–Crippen MR) is 192 cm³/mol. The van der Waals surface area contributed by atoms with Crippen molar-refractivity contribution in [3.05, 3.63) is 135 Å². The maximum atomic E-state index is 14.2. The molecule has 0 fully saturated rings. The van der Waals surface area contributed by atoms with Crippen LogP contribution in [0.5, 0.6) is 0 Å². The molecule has 0 bridgehead atoms. The molecule has 3 aromatic carbocycles. The highest BCUT2D eigenvalue weighted by atomic mass is 35.5. The Morgan fingerprint density at radius 1 is 1.00 bits per heavy atom. The summed E-state index contributed by atoms with van der Waals surface area (Å²) in [6, 6.07) is 21.9. The minimum Gasteiger partial charge on any atom is -0.395 e. The van der Waals surface area contributed by atoms with Crippen LogP contribution in [0.4, 0.5) is 4.39 Å². The number of thioether (sulfide) groups is 1. The minimum absolute atomic E-state index is 0.0310. The molecule has 0 radical (unpaired) electrons. The van der Waals surface area contributed by atoms with Crippen LogP contribution in [-0.2, 0) is 23.6 Å². The molecular weight excluding hydrogens is 663 g/mol. The van der Waals surface area contributed by atoms with Crippen LogP contribution in [0.3, 0.4) is 0 Å². The van der Waals surface area contributed by atoms with Crippen molar-refractivity contribution in [3.63, 3.8) is 0 Å². The van der Waals surface area contributed by atoms with Gasteiger partial charge >= 0.3 is 0 Å². The number of aromatic nitrogens is 4. The lowest BCUT2D eigenvalue weighted by molar-refractivity contribution is -0.132. The number of halogens is 2. The van der Waals surface area contributed by atoms with Crippen molar-refractivity contribution in [1.82, 2.24) is 29.5 Å². The van der Waals surface area contributed by atoms with E-state index in [0.29, 0.717) is 47.7 Å². The number of nitrogens with zero attached hydrogens (tertiary/aromatic N) is 5. The molecule has 1 unspecified atom stereocenters. The van der Waals surface area contributed by atoms with Crippen LogP contribution in [-0.4, -0.2) is 73.3 Å². The van der Waals surface area contributed by atoms with Gasteiger partial charge < -0.3 is 14.6 Å². The number of hydrogen-bond donors (Lipinski definition) is 2. The summed E-state index contributed by atoms with van der Waals surface area (Å²) in [7, 11) is 0. The van der Waals surface area contributed by atoms with Gasteiger partial charge in [-0.05, 0) is 58.6 Å². The third kappa shape index (κ3) is 9.88. The Balaban J connectivity index is 1.42. The molecule has 2 heterocycles. The van der Waals surface area contributed by atoms with Gasteiger partial charge in [-0.1, -0.05) is 85.7 Å². The summed E-state index contributed by atoms with van der Waals surface area (Å²) in [4.78, 5) is 35.9. The quantitative estimate of drug-likeness (QED) is 0.0930. The SMILES string of the molecule is CCN(CCO)CCN(Cc1ccc(-c2ccc(Cl)cc2)cc1)C(=O)Cn1cc(C(C)c2cn[nH]c2)c(=O)nc1SCc1ccc(F)cc1. The molecule has 0 saturated carbocycles. The highest BCUT2D eigenvalue weighted by Crippen LogP contribution is 2.26. The van der Waals surface area contributed by atoms with Gasteiger partial charge in [0.15, 0.2) is 5.16 Å². The van der Waals surface area contributed by atoms with Crippen LogP contribution in [0.2, 0.25) is 5.02 Å². The molecule has 0 aliphatic carbocycles. The molecule has 5 aromatic rings. The van der Waals surface area contributed by atoms with Gasteiger partial charge in [-0.15, -0.1) is 0 Å². The van der Waals surface area contributed by atoms with Crippen molar-refractivity contribution in [3.8, 4) is 11.1 Å². The molecule has 2 N–H and O–H groups in total. The maximum Gasteiger partial charge on any atom is 0.277 e. The molecular formula is C37H40ClFN6O3S. The fraction of sp³-hybridized carbons (Fsp3) is 0.297.